The number of rotatable bonds is 7. The van der Waals surface area contributed by atoms with E-state index in [-0.39, 0.29) is 18.0 Å². The smallest absolute Gasteiger partial charge is 0.221 e. The number of anilines is 1. The molecular formula is C23H26N2O7. The molecular weight excluding hydrogens is 416 g/mol. The van der Waals surface area contributed by atoms with Gasteiger partial charge in [0.2, 0.25) is 11.7 Å². The summed E-state index contributed by atoms with van der Waals surface area (Å²) in [6.45, 7) is 1.41. The number of methoxy groups -OCH3 is 4. The van der Waals surface area contributed by atoms with Crippen LogP contribution in [-0.4, -0.2) is 56.5 Å². The highest BCUT2D eigenvalue weighted by Gasteiger charge is 2.33. The zero-order valence-corrected chi connectivity index (χ0v) is 18.6. The van der Waals surface area contributed by atoms with Crippen molar-refractivity contribution >= 4 is 28.5 Å². The molecule has 9 heteroatoms. The van der Waals surface area contributed by atoms with Crippen LogP contribution in [0.3, 0.4) is 0 Å². The fourth-order valence-corrected chi connectivity index (χ4v) is 3.82. The van der Waals surface area contributed by atoms with Crippen molar-refractivity contribution in [3.63, 3.8) is 0 Å². The molecule has 0 aliphatic heterocycles. The van der Waals surface area contributed by atoms with Crippen molar-refractivity contribution in [2.45, 2.75) is 19.4 Å². The van der Waals surface area contributed by atoms with Gasteiger partial charge < -0.3 is 34.6 Å². The van der Waals surface area contributed by atoms with Gasteiger partial charge in [-0.15, -0.1) is 0 Å². The SMILES string of the molecule is COc1ccc(C2=C(c3cc(OC)c(OC)c(OC)c3)C(=NO)C(O)C2)cc1NC(C)=O. The van der Waals surface area contributed by atoms with E-state index in [1.54, 1.807) is 24.3 Å². The molecule has 0 aromatic heterocycles. The van der Waals surface area contributed by atoms with E-state index in [0.717, 1.165) is 5.56 Å². The summed E-state index contributed by atoms with van der Waals surface area (Å²) in [4.78, 5) is 11.6. The molecule has 1 unspecified atom stereocenters. The summed E-state index contributed by atoms with van der Waals surface area (Å²) in [5, 5.41) is 26.4. The number of aliphatic hydroxyl groups excluding tert-OH is 1. The van der Waals surface area contributed by atoms with Crippen molar-refractivity contribution in [2.75, 3.05) is 33.8 Å². The van der Waals surface area contributed by atoms with Gasteiger partial charge in [-0.05, 0) is 41.0 Å². The number of hydrogen-bond donors (Lipinski definition) is 3. The normalized spacial score (nSPS) is 16.8. The summed E-state index contributed by atoms with van der Waals surface area (Å²) in [7, 11) is 6.02. The molecule has 0 saturated heterocycles. The van der Waals surface area contributed by atoms with Crippen LogP contribution >= 0.6 is 0 Å². The minimum Gasteiger partial charge on any atom is -0.495 e. The van der Waals surface area contributed by atoms with E-state index < -0.39 is 6.10 Å². The molecule has 1 amide bonds. The zero-order valence-electron chi connectivity index (χ0n) is 18.6. The quantitative estimate of drug-likeness (QED) is 0.445. The standard InChI is InChI=1S/C23H26N2O7/c1-12(26)24-16-8-13(6-7-18(16)29-2)15-11-17(27)22(25-28)21(15)14-9-19(30-3)23(32-5)20(10-14)31-4/h6-10,17,27-28H,11H2,1-5H3,(H,24,26). The van der Waals surface area contributed by atoms with Crippen LogP contribution in [0.4, 0.5) is 5.69 Å². The maximum Gasteiger partial charge on any atom is 0.221 e. The highest BCUT2D eigenvalue weighted by Crippen LogP contribution is 2.45. The summed E-state index contributed by atoms with van der Waals surface area (Å²) < 4.78 is 21.6. The first-order valence-electron chi connectivity index (χ1n) is 9.78. The third-order valence-corrected chi connectivity index (χ3v) is 5.19. The Balaban J connectivity index is 2.27. The van der Waals surface area contributed by atoms with E-state index in [1.807, 2.05) is 6.07 Å². The topological polar surface area (TPSA) is 119 Å². The fourth-order valence-electron chi connectivity index (χ4n) is 3.82. The van der Waals surface area contributed by atoms with Crippen molar-refractivity contribution in [2.24, 2.45) is 5.16 Å². The molecule has 3 rings (SSSR count). The first-order valence-corrected chi connectivity index (χ1v) is 9.78. The number of carbonyl (C=O) groups excluding carboxylic acids is 1. The molecule has 170 valence electrons. The van der Waals surface area contributed by atoms with Crippen LogP contribution in [-0.2, 0) is 4.79 Å². The Morgan fingerprint density at radius 1 is 0.969 bits per heavy atom. The van der Waals surface area contributed by atoms with E-state index in [0.29, 0.717) is 45.4 Å². The highest BCUT2D eigenvalue weighted by molar-refractivity contribution is 6.35. The van der Waals surface area contributed by atoms with Crippen molar-refractivity contribution in [1.82, 2.24) is 0 Å². The number of oxime groups is 1. The van der Waals surface area contributed by atoms with Crippen LogP contribution in [0.5, 0.6) is 23.0 Å². The second-order valence-electron chi connectivity index (χ2n) is 7.07. The van der Waals surface area contributed by atoms with Gasteiger partial charge in [-0.3, -0.25) is 4.79 Å². The Morgan fingerprint density at radius 3 is 2.09 bits per heavy atom. The Kier molecular flexibility index (Phi) is 6.89. The summed E-state index contributed by atoms with van der Waals surface area (Å²) in [6.07, 6.45) is -0.813. The molecule has 1 atom stereocenters. The number of carbonyl (C=O) groups is 1. The summed E-state index contributed by atoms with van der Waals surface area (Å²) in [6, 6.07) is 8.72. The van der Waals surface area contributed by atoms with E-state index in [9.17, 15) is 15.1 Å². The largest absolute Gasteiger partial charge is 0.495 e. The van der Waals surface area contributed by atoms with Gasteiger partial charge in [0.1, 0.15) is 17.6 Å². The van der Waals surface area contributed by atoms with Gasteiger partial charge in [-0.1, -0.05) is 11.2 Å². The lowest BCUT2D eigenvalue weighted by molar-refractivity contribution is -0.114. The first kappa shape index (κ1) is 23.0. The second kappa shape index (κ2) is 9.61. The molecule has 0 radical (unpaired) electrons. The van der Waals surface area contributed by atoms with E-state index >= 15 is 0 Å². The Hall–Kier alpha value is -3.72. The van der Waals surface area contributed by atoms with E-state index in [2.05, 4.69) is 10.5 Å². The van der Waals surface area contributed by atoms with Gasteiger partial charge in [0, 0.05) is 18.9 Å². The van der Waals surface area contributed by atoms with Gasteiger partial charge >= 0.3 is 0 Å². The lowest BCUT2D eigenvalue weighted by Crippen LogP contribution is -2.15. The molecule has 0 fully saturated rings. The average molecular weight is 442 g/mol. The minimum atomic E-state index is -1.02. The average Bonchev–Trinajstić information content (AvgIpc) is 3.13. The number of nitrogens with zero attached hydrogens (tertiary/aromatic N) is 1. The molecule has 0 bridgehead atoms. The maximum absolute atomic E-state index is 11.6. The minimum absolute atomic E-state index is 0.117. The summed E-state index contributed by atoms with van der Waals surface area (Å²) in [5.74, 6) is 1.50. The molecule has 32 heavy (non-hydrogen) atoms. The van der Waals surface area contributed by atoms with Gasteiger partial charge in [0.15, 0.2) is 11.5 Å². The Labute approximate surface area is 185 Å². The number of hydrogen-bond acceptors (Lipinski definition) is 8. The van der Waals surface area contributed by atoms with Crippen molar-refractivity contribution in [3.8, 4) is 23.0 Å². The molecule has 2 aromatic rings. The molecule has 0 spiro atoms. The predicted molar refractivity (Wildman–Crippen MR) is 120 cm³/mol. The molecule has 2 aromatic carbocycles. The fraction of sp³-hybridized carbons (Fsp3) is 0.304. The molecule has 9 nitrogen and oxygen atoms in total. The van der Waals surface area contributed by atoms with Crippen LogP contribution in [0.15, 0.2) is 35.5 Å². The molecule has 1 aliphatic rings. The van der Waals surface area contributed by atoms with Crippen LogP contribution < -0.4 is 24.3 Å². The lowest BCUT2D eigenvalue weighted by Gasteiger charge is -2.16. The van der Waals surface area contributed by atoms with Crippen molar-refractivity contribution in [1.29, 1.82) is 0 Å². The number of benzene rings is 2. The summed E-state index contributed by atoms with van der Waals surface area (Å²) in [5.41, 5.74) is 3.17. The Bertz CT molecular complexity index is 1070. The Morgan fingerprint density at radius 2 is 1.59 bits per heavy atom. The van der Waals surface area contributed by atoms with E-state index in [4.69, 9.17) is 18.9 Å². The second-order valence-corrected chi connectivity index (χ2v) is 7.07. The molecule has 0 heterocycles. The monoisotopic (exact) mass is 442 g/mol. The van der Waals surface area contributed by atoms with Crippen LogP contribution in [0.2, 0.25) is 0 Å². The number of amides is 1. The van der Waals surface area contributed by atoms with Gasteiger partial charge in [0.05, 0.1) is 34.1 Å². The molecule has 1 aliphatic carbocycles. The van der Waals surface area contributed by atoms with Crippen LogP contribution in [0.25, 0.3) is 11.1 Å². The van der Waals surface area contributed by atoms with E-state index in [1.165, 1.54) is 35.4 Å². The van der Waals surface area contributed by atoms with Gasteiger partial charge in [-0.25, -0.2) is 0 Å². The van der Waals surface area contributed by atoms with Gasteiger partial charge in [0.25, 0.3) is 0 Å². The third-order valence-electron chi connectivity index (χ3n) is 5.19. The number of aliphatic hydroxyl groups is 1. The summed E-state index contributed by atoms with van der Waals surface area (Å²) >= 11 is 0. The van der Waals surface area contributed by atoms with Crippen molar-refractivity contribution in [3.05, 3.63) is 41.5 Å². The van der Waals surface area contributed by atoms with Crippen LogP contribution in [0.1, 0.15) is 24.5 Å². The van der Waals surface area contributed by atoms with Gasteiger partial charge in [-0.2, -0.15) is 0 Å². The maximum atomic E-state index is 11.6. The zero-order chi connectivity index (χ0) is 23.4. The lowest BCUT2D eigenvalue weighted by atomic mass is 9.95. The third kappa shape index (κ3) is 4.19. The van der Waals surface area contributed by atoms with Crippen molar-refractivity contribution < 1.29 is 34.1 Å². The predicted octanol–water partition coefficient (Wildman–Crippen LogP) is 3.19. The highest BCUT2D eigenvalue weighted by atomic mass is 16.5. The molecule has 3 N–H and O–H groups in total. The van der Waals surface area contributed by atoms with Crippen LogP contribution in [0, 0.1) is 0 Å². The first-order chi connectivity index (χ1) is 15.4. The molecule has 0 saturated carbocycles. The number of nitrogens with one attached hydrogen (secondary N) is 1. The number of ether oxygens (including phenoxy) is 4.